The number of carboxylic acids is 1. The van der Waals surface area contributed by atoms with Crippen LogP contribution in [0.3, 0.4) is 0 Å². The lowest BCUT2D eigenvalue weighted by Crippen LogP contribution is -2.59. The van der Waals surface area contributed by atoms with E-state index in [1.54, 1.807) is 7.11 Å². The summed E-state index contributed by atoms with van der Waals surface area (Å²) in [6.45, 7) is 6.02. The summed E-state index contributed by atoms with van der Waals surface area (Å²) < 4.78 is 5.13. The molecule has 0 radical (unpaired) electrons. The molecular weight excluding hydrogens is 244 g/mol. The second-order valence-corrected chi connectivity index (χ2v) is 5.55. The lowest BCUT2D eigenvalue weighted by molar-refractivity contribution is -0.145. The van der Waals surface area contributed by atoms with E-state index in [0.717, 1.165) is 32.2 Å². The van der Waals surface area contributed by atoms with Gasteiger partial charge in [-0.3, -0.25) is 9.69 Å². The number of carbonyl (C=O) groups is 1. The molecule has 1 saturated carbocycles. The van der Waals surface area contributed by atoms with Crippen LogP contribution in [0.25, 0.3) is 0 Å². The highest BCUT2D eigenvalue weighted by atomic mass is 16.5. The van der Waals surface area contributed by atoms with E-state index in [0.29, 0.717) is 19.2 Å². The van der Waals surface area contributed by atoms with Crippen molar-refractivity contribution in [1.29, 1.82) is 0 Å². The van der Waals surface area contributed by atoms with E-state index >= 15 is 0 Å². The Balaban J connectivity index is 2.75. The quantitative estimate of drug-likeness (QED) is 0.627. The fraction of sp³-hybridized carbons (Fsp3) is 0.929. The summed E-state index contributed by atoms with van der Waals surface area (Å²) in [5.74, 6) is -0.743. The van der Waals surface area contributed by atoms with Gasteiger partial charge in [-0.2, -0.15) is 0 Å². The van der Waals surface area contributed by atoms with Crippen LogP contribution in [0.2, 0.25) is 0 Å². The second-order valence-electron chi connectivity index (χ2n) is 5.55. The van der Waals surface area contributed by atoms with Gasteiger partial charge >= 0.3 is 5.97 Å². The SMILES string of the molecule is CCC(CC)N(CCOC)CC(N)(C(=O)O)C1CC1. The van der Waals surface area contributed by atoms with Gasteiger partial charge in [0.05, 0.1) is 6.61 Å². The Morgan fingerprint density at radius 1 is 1.47 bits per heavy atom. The minimum Gasteiger partial charge on any atom is -0.480 e. The lowest BCUT2D eigenvalue weighted by atomic mass is 9.92. The van der Waals surface area contributed by atoms with Crippen LogP contribution in [0.4, 0.5) is 0 Å². The Hall–Kier alpha value is -0.650. The first kappa shape index (κ1) is 16.4. The molecule has 0 aliphatic heterocycles. The summed E-state index contributed by atoms with van der Waals surface area (Å²) in [5.41, 5.74) is 5.08. The molecule has 1 fully saturated rings. The van der Waals surface area contributed by atoms with Crippen molar-refractivity contribution >= 4 is 5.97 Å². The molecule has 0 amide bonds. The van der Waals surface area contributed by atoms with Gasteiger partial charge in [0.25, 0.3) is 0 Å². The number of nitrogens with zero attached hydrogens (tertiary/aromatic N) is 1. The number of carboxylic acid groups (broad SMARTS) is 1. The fourth-order valence-corrected chi connectivity index (χ4v) is 2.71. The number of hydrogen-bond acceptors (Lipinski definition) is 4. The molecule has 0 heterocycles. The standard InChI is InChI=1S/C14H28N2O3/c1-4-12(5-2)16(8-9-19-3)10-14(15,13(17)18)11-6-7-11/h11-12H,4-10,15H2,1-3H3,(H,17,18). The summed E-state index contributed by atoms with van der Waals surface area (Å²) in [6.07, 6.45) is 3.87. The van der Waals surface area contributed by atoms with Crippen LogP contribution in [-0.4, -0.2) is 54.4 Å². The van der Waals surface area contributed by atoms with Crippen molar-refractivity contribution in [3.63, 3.8) is 0 Å². The van der Waals surface area contributed by atoms with Crippen molar-refractivity contribution in [1.82, 2.24) is 4.90 Å². The normalized spacial score (nSPS) is 18.8. The largest absolute Gasteiger partial charge is 0.480 e. The van der Waals surface area contributed by atoms with Crippen molar-refractivity contribution in [3.8, 4) is 0 Å². The molecular formula is C14H28N2O3. The van der Waals surface area contributed by atoms with Crippen LogP contribution in [0, 0.1) is 5.92 Å². The zero-order valence-corrected chi connectivity index (χ0v) is 12.4. The highest BCUT2D eigenvalue weighted by Gasteiger charge is 2.49. The molecule has 0 aromatic heterocycles. The predicted molar refractivity (Wildman–Crippen MR) is 75.1 cm³/mol. The molecule has 3 N–H and O–H groups in total. The maximum Gasteiger partial charge on any atom is 0.325 e. The van der Waals surface area contributed by atoms with Gasteiger partial charge in [0.2, 0.25) is 0 Å². The summed E-state index contributed by atoms with van der Waals surface area (Å²) in [4.78, 5) is 13.7. The molecule has 0 aromatic carbocycles. The monoisotopic (exact) mass is 272 g/mol. The van der Waals surface area contributed by atoms with E-state index in [4.69, 9.17) is 10.5 Å². The molecule has 5 heteroatoms. The van der Waals surface area contributed by atoms with E-state index in [1.807, 2.05) is 0 Å². The molecule has 1 atom stereocenters. The van der Waals surface area contributed by atoms with Crippen LogP contribution in [-0.2, 0) is 9.53 Å². The van der Waals surface area contributed by atoms with Crippen LogP contribution in [0.15, 0.2) is 0 Å². The molecule has 112 valence electrons. The Kier molecular flexibility index (Phi) is 6.23. The average molecular weight is 272 g/mol. The van der Waals surface area contributed by atoms with E-state index in [-0.39, 0.29) is 5.92 Å². The van der Waals surface area contributed by atoms with E-state index in [2.05, 4.69) is 18.7 Å². The number of aliphatic carboxylic acids is 1. The fourth-order valence-electron chi connectivity index (χ4n) is 2.71. The van der Waals surface area contributed by atoms with Gasteiger partial charge in [-0.15, -0.1) is 0 Å². The van der Waals surface area contributed by atoms with Gasteiger partial charge in [-0.05, 0) is 31.6 Å². The van der Waals surface area contributed by atoms with E-state index in [1.165, 1.54) is 0 Å². The third kappa shape index (κ3) is 4.16. The van der Waals surface area contributed by atoms with Crippen molar-refractivity contribution in [2.75, 3.05) is 26.8 Å². The van der Waals surface area contributed by atoms with Crippen LogP contribution < -0.4 is 5.73 Å². The minimum atomic E-state index is -1.10. The van der Waals surface area contributed by atoms with Gasteiger partial charge in [-0.1, -0.05) is 13.8 Å². The highest BCUT2D eigenvalue weighted by Crippen LogP contribution is 2.39. The van der Waals surface area contributed by atoms with E-state index < -0.39 is 11.5 Å². The van der Waals surface area contributed by atoms with Crippen LogP contribution in [0.5, 0.6) is 0 Å². The van der Waals surface area contributed by atoms with Gasteiger partial charge in [0, 0.05) is 26.2 Å². The van der Waals surface area contributed by atoms with Crippen LogP contribution >= 0.6 is 0 Å². The number of nitrogens with two attached hydrogens (primary N) is 1. The molecule has 1 rings (SSSR count). The maximum absolute atomic E-state index is 11.5. The smallest absolute Gasteiger partial charge is 0.325 e. The molecule has 0 aromatic rings. The average Bonchev–Trinajstić information content (AvgIpc) is 3.21. The summed E-state index contributed by atoms with van der Waals surface area (Å²) in [7, 11) is 1.67. The Labute approximate surface area is 116 Å². The van der Waals surface area contributed by atoms with Gasteiger partial charge < -0.3 is 15.6 Å². The Morgan fingerprint density at radius 3 is 2.42 bits per heavy atom. The molecule has 19 heavy (non-hydrogen) atoms. The summed E-state index contributed by atoms with van der Waals surface area (Å²) in [6, 6.07) is 0.371. The third-order valence-corrected chi connectivity index (χ3v) is 4.21. The topological polar surface area (TPSA) is 75.8 Å². The molecule has 1 aliphatic rings. The molecule has 5 nitrogen and oxygen atoms in total. The van der Waals surface area contributed by atoms with Gasteiger partial charge in [0.15, 0.2) is 0 Å². The molecule has 0 saturated heterocycles. The maximum atomic E-state index is 11.5. The summed E-state index contributed by atoms with van der Waals surface area (Å²) >= 11 is 0. The molecule has 0 bridgehead atoms. The van der Waals surface area contributed by atoms with Gasteiger partial charge in [-0.25, -0.2) is 0 Å². The van der Waals surface area contributed by atoms with Crippen molar-refractivity contribution < 1.29 is 14.6 Å². The van der Waals surface area contributed by atoms with E-state index in [9.17, 15) is 9.90 Å². The Morgan fingerprint density at radius 2 is 2.05 bits per heavy atom. The number of methoxy groups -OCH3 is 1. The number of hydrogen-bond donors (Lipinski definition) is 2. The first-order valence-electron chi connectivity index (χ1n) is 7.24. The lowest BCUT2D eigenvalue weighted by Gasteiger charge is -2.37. The second kappa shape index (κ2) is 7.22. The number of rotatable bonds is 10. The third-order valence-electron chi connectivity index (χ3n) is 4.21. The van der Waals surface area contributed by atoms with Crippen molar-refractivity contribution in [2.45, 2.75) is 51.1 Å². The first-order chi connectivity index (χ1) is 8.99. The molecule has 1 aliphatic carbocycles. The zero-order valence-electron chi connectivity index (χ0n) is 12.4. The summed E-state index contributed by atoms with van der Waals surface area (Å²) in [5, 5.41) is 9.46. The first-order valence-corrected chi connectivity index (χ1v) is 7.24. The van der Waals surface area contributed by atoms with Crippen molar-refractivity contribution in [2.24, 2.45) is 11.7 Å². The van der Waals surface area contributed by atoms with Crippen LogP contribution in [0.1, 0.15) is 39.5 Å². The number of ether oxygens (including phenoxy) is 1. The predicted octanol–water partition coefficient (Wildman–Crippen LogP) is 1.32. The highest BCUT2D eigenvalue weighted by molar-refractivity contribution is 5.79. The minimum absolute atomic E-state index is 0.129. The Bertz CT molecular complexity index is 290. The van der Waals surface area contributed by atoms with Crippen molar-refractivity contribution in [3.05, 3.63) is 0 Å². The molecule has 1 unspecified atom stereocenters. The zero-order chi connectivity index (χ0) is 14.5. The van der Waals surface area contributed by atoms with Gasteiger partial charge in [0.1, 0.15) is 5.54 Å². The molecule has 0 spiro atoms.